The van der Waals surface area contributed by atoms with E-state index in [4.69, 9.17) is 20.0 Å². The maximum Gasteiger partial charge on any atom is 0.307 e. The van der Waals surface area contributed by atoms with Crippen molar-refractivity contribution in [1.29, 1.82) is 0 Å². The van der Waals surface area contributed by atoms with Crippen LogP contribution in [0.2, 0.25) is 0 Å². The summed E-state index contributed by atoms with van der Waals surface area (Å²) in [7, 11) is 0. The normalized spacial score (nSPS) is 11.0. The van der Waals surface area contributed by atoms with Crippen LogP contribution in [-0.4, -0.2) is 11.1 Å². The molecule has 4 aromatic rings. The first kappa shape index (κ1) is 19.7. The highest BCUT2D eigenvalue weighted by Crippen LogP contribution is 2.33. The van der Waals surface area contributed by atoms with Crippen molar-refractivity contribution in [3.05, 3.63) is 89.4 Å². The number of furan rings is 1. The average Bonchev–Trinajstić information content (AvgIpc) is 3.20. The van der Waals surface area contributed by atoms with Crippen molar-refractivity contribution in [1.82, 2.24) is 0 Å². The van der Waals surface area contributed by atoms with E-state index in [-0.39, 0.29) is 25.4 Å². The lowest BCUT2D eigenvalue weighted by Gasteiger charge is -2.12. The molecule has 1 heterocycles. The molecule has 6 heteroatoms. The van der Waals surface area contributed by atoms with Crippen molar-refractivity contribution in [3.63, 3.8) is 0 Å². The molecule has 0 aliphatic carbocycles. The summed E-state index contributed by atoms with van der Waals surface area (Å²) >= 11 is 0. The highest BCUT2D eigenvalue weighted by atomic mass is 19.1. The van der Waals surface area contributed by atoms with Gasteiger partial charge >= 0.3 is 5.97 Å². The smallest absolute Gasteiger partial charge is 0.307 e. The van der Waals surface area contributed by atoms with Crippen molar-refractivity contribution < 1.29 is 23.4 Å². The molecule has 30 heavy (non-hydrogen) atoms. The molecule has 0 atom stereocenters. The summed E-state index contributed by atoms with van der Waals surface area (Å²) in [4.78, 5) is 11.1. The summed E-state index contributed by atoms with van der Waals surface area (Å²) in [6.45, 7) is 0.457. The Morgan fingerprint density at radius 3 is 2.70 bits per heavy atom. The third-order valence-electron chi connectivity index (χ3n) is 4.82. The lowest BCUT2D eigenvalue weighted by molar-refractivity contribution is -0.136. The lowest BCUT2D eigenvalue weighted by Crippen LogP contribution is -2.04. The molecule has 0 saturated heterocycles. The number of hydrogen-bond acceptors (Lipinski definition) is 4. The maximum absolute atomic E-state index is 14.1. The Hall–Kier alpha value is -3.64. The SMILES string of the molecule is NCc1cc(F)cc(-c2cc(COc3ccccc3CC(=O)O)cc3ccoc23)c1. The first-order valence-corrected chi connectivity index (χ1v) is 9.46. The van der Waals surface area contributed by atoms with E-state index >= 15 is 0 Å². The van der Waals surface area contributed by atoms with Crippen molar-refractivity contribution in [3.8, 4) is 16.9 Å². The molecule has 4 rings (SSSR count). The predicted molar refractivity (Wildman–Crippen MR) is 112 cm³/mol. The minimum Gasteiger partial charge on any atom is -0.489 e. The molecular formula is C24H20FNO4. The number of ether oxygens (including phenoxy) is 1. The van der Waals surface area contributed by atoms with E-state index in [0.29, 0.717) is 28.0 Å². The summed E-state index contributed by atoms with van der Waals surface area (Å²) in [5.41, 5.74) is 9.90. The van der Waals surface area contributed by atoms with Crippen molar-refractivity contribution >= 4 is 16.9 Å². The van der Waals surface area contributed by atoms with Crippen molar-refractivity contribution in [2.75, 3.05) is 0 Å². The number of carboxylic acid groups (broad SMARTS) is 1. The Labute approximate surface area is 172 Å². The zero-order valence-electron chi connectivity index (χ0n) is 16.1. The van der Waals surface area contributed by atoms with Gasteiger partial charge in [0.15, 0.2) is 0 Å². The molecule has 5 nitrogen and oxygen atoms in total. The number of halogens is 1. The summed E-state index contributed by atoms with van der Waals surface area (Å²) in [6, 6.07) is 17.4. The van der Waals surface area contributed by atoms with Crippen LogP contribution in [0.25, 0.3) is 22.1 Å². The Bertz CT molecular complexity index is 1220. The monoisotopic (exact) mass is 405 g/mol. The number of nitrogens with two attached hydrogens (primary N) is 1. The van der Waals surface area contributed by atoms with Gasteiger partial charge in [-0.15, -0.1) is 0 Å². The van der Waals surface area contributed by atoms with E-state index in [0.717, 1.165) is 16.5 Å². The summed E-state index contributed by atoms with van der Waals surface area (Å²) in [6.07, 6.45) is 1.47. The third kappa shape index (κ3) is 4.18. The highest BCUT2D eigenvalue weighted by molar-refractivity contribution is 5.93. The molecular weight excluding hydrogens is 385 g/mol. The average molecular weight is 405 g/mol. The Morgan fingerprint density at radius 2 is 1.90 bits per heavy atom. The van der Waals surface area contributed by atoms with Crippen LogP contribution in [0.1, 0.15) is 16.7 Å². The lowest BCUT2D eigenvalue weighted by atomic mass is 9.98. The largest absolute Gasteiger partial charge is 0.489 e. The number of aliphatic carboxylic acids is 1. The number of para-hydroxylation sites is 1. The summed E-state index contributed by atoms with van der Waals surface area (Å²) in [5, 5.41) is 9.96. The fraction of sp³-hybridized carbons (Fsp3) is 0.125. The molecule has 0 saturated carbocycles. The second-order valence-electron chi connectivity index (χ2n) is 7.00. The van der Waals surface area contributed by atoms with Gasteiger partial charge in [0, 0.05) is 23.1 Å². The van der Waals surface area contributed by atoms with Gasteiger partial charge in [-0.05, 0) is 59.2 Å². The first-order valence-electron chi connectivity index (χ1n) is 9.46. The van der Waals surface area contributed by atoms with Crippen LogP contribution in [0.5, 0.6) is 5.75 Å². The Morgan fingerprint density at radius 1 is 1.07 bits per heavy atom. The van der Waals surface area contributed by atoms with Gasteiger partial charge in [0.1, 0.15) is 23.8 Å². The zero-order valence-corrected chi connectivity index (χ0v) is 16.1. The standard InChI is InChI=1S/C24H20FNO4/c25-20-9-15(13-26)7-19(11-20)21-10-16(8-18-5-6-29-24(18)21)14-30-22-4-2-1-3-17(22)12-23(27)28/h1-11H,12-14,26H2,(H,27,28). The van der Waals surface area contributed by atoms with E-state index in [1.54, 1.807) is 30.5 Å². The number of fused-ring (bicyclic) bond motifs is 1. The first-order chi connectivity index (χ1) is 14.5. The molecule has 1 aromatic heterocycles. The van der Waals surface area contributed by atoms with Crippen LogP contribution in [-0.2, 0) is 24.4 Å². The van der Waals surface area contributed by atoms with E-state index in [1.807, 2.05) is 24.3 Å². The molecule has 0 fully saturated rings. The fourth-order valence-electron chi connectivity index (χ4n) is 3.48. The summed E-state index contributed by atoms with van der Waals surface area (Å²) < 4.78 is 25.6. The van der Waals surface area contributed by atoms with E-state index in [2.05, 4.69) is 0 Å². The molecule has 0 aliphatic rings. The molecule has 0 amide bonds. The third-order valence-corrected chi connectivity index (χ3v) is 4.82. The quantitative estimate of drug-likeness (QED) is 0.457. The van der Waals surface area contributed by atoms with E-state index in [9.17, 15) is 9.18 Å². The minimum absolute atomic E-state index is 0.118. The minimum atomic E-state index is -0.921. The van der Waals surface area contributed by atoms with Gasteiger partial charge in [0.2, 0.25) is 0 Å². The second kappa shape index (κ2) is 8.39. The van der Waals surface area contributed by atoms with Gasteiger partial charge in [0.25, 0.3) is 0 Å². The fourth-order valence-corrected chi connectivity index (χ4v) is 3.48. The van der Waals surface area contributed by atoms with Gasteiger partial charge in [-0.25, -0.2) is 4.39 Å². The zero-order chi connectivity index (χ0) is 21.1. The molecule has 0 unspecified atom stereocenters. The van der Waals surface area contributed by atoms with E-state index < -0.39 is 5.97 Å². The maximum atomic E-state index is 14.1. The molecule has 152 valence electrons. The molecule has 0 aliphatic heterocycles. The van der Waals surface area contributed by atoms with Gasteiger partial charge in [-0.1, -0.05) is 18.2 Å². The number of carbonyl (C=O) groups is 1. The van der Waals surface area contributed by atoms with Crippen LogP contribution >= 0.6 is 0 Å². The Balaban J connectivity index is 1.69. The molecule has 3 N–H and O–H groups in total. The number of benzene rings is 3. The molecule has 3 aromatic carbocycles. The van der Waals surface area contributed by atoms with Crippen LogP contribution in [0, 0.1) is 5.82 Å². The van der Waals surface area contributed by atoms with Gasteiger partial charge in [-0.2, -0.15) is 0 Å². The molecule has 0 radical (unpaired) electrons. The number of rotatable bonds is 7. The highest BCUT2D eigenvalue weighted by Gasteiger charge is 2.13. The van der Waals surface area contributed by atoms with Gasteiger partial charge in [-0.3, -0.25) is 4.79 Å². The molecule has 0 spiro atoms. The van der Waals surface area contributed by atoms with Gasteiger partial charge in [0.05, 0.1) is 12.7 Å². The second-order valence-corrected chi connectivity index (χ2v) is 7.00. The van der Waals surface area contributed by atoms with Crippen LogP contribution in [0.3, 0.4) is 0 Å². The van der Waals surface area contributed by atoms with Gasteiger partial charge < -0.3 is 20.0 Å². The number of hydrogen-bond donors (Lipinski definition) is 2. The van der Waals surface area contributed by atoms with E-state index in [1.165, 1.54) is 12.1 Å². The summed E-state index contributed by atoms with van der Waals surface area (Å²) in [5.74, 6) is -0.767. The topological polar surface area (TPSA) is 85.7 Å². The van der Waals surface area contributed by atoms with Crippen molar-refractivity contribution in [2.24, 2.45) is 5.73 Å². The predicted octanol–water partition coefficient (Wildman–Crippen LogP) is 4.90. The Kier molecular flexibility index (Phi) is 5.50. The van der Waals surface area contributed by atoms with Crippen LogP contribution in [0.15, 0.2) is 71.3 Å². The number of carboxylic acids is 1. The van der Waals surface area contributed by atoms with Crippen LogP contribution < -0.4 is 10.5 Å². The van der Waals surface area contributed by atoms with Crippen LogP contribution in [0.4, 0.5) is 4.39 Å². The molecule has 0 bridgehead atoms. The van der Waals surface area contributed by atoms with Crippen molar-refractivity contribution in [2.45, 2.75) is 19.6 Å².